The van der Waals surface area contributed by atoms with Gasteiger partial charge in [-0.15, -0.1) is 0 Å². The SMILES string of the molecule is CC1C2CNCC2CN1Cc1ccc(Br)o1. The van der Waals surface area contributed by atoms with Crippen molar-refractivity contribution in [2.24, 2.45) is 11.8 Å². The molecule has 3 atom stereocenters. The summed E-state index contributed by atoms with van der Waals surface area (Å²) in [4.78, 5) is 2.54. The maximum atomic E-state index is 5.58. The Kier molecular flexibility index (Phi) is 2.81. The van der Waals surface area contributed by atoms with Crippen LogP contribution in [0, 0.1) is 11.8 Å². The Morgan fingerprint density at radius 2 is 2.38 bits per heavy atom. The fraction of sp³-hybridized carbons (Fsp3) is 0.667. The molecule has 0 spiro atoms. The molecule has 0 aromatic carbocycles. The maximum Gasteiger partial charge on any atom is 0.169 e. The van der Waals surface area contributed by atoms with Crippen molar-refractivity contribution in [2.45, 2.75) is 19.5 Å². The van der Waals surface area contributed by atoms with Crippen LogP contribution in [0.15, 0.2) is 21.2 Å². The van der Waals surface area contributed by atoms with Crippen LogP contribution in [0.1, 0.15) is 12.7 Å². The van der Waals surface area contributed by atoms with Crippen molar-refractivity contribution in [2.75, 3.05) is 19.6 Å². The summed E-state index contributed by atoms with van der Waals surface area (Å²) in [7, 11) is 0. The number of nitrogens with one attached hydrogen (secondary N) is 1. The molecule has 3 nitrogen and oxygen atoms in total. The second-order valence-corrected chi connectivity index (χ2v) is 5.74. The van der Waals surface area contributed by atoms with Crippen LogP contribution >= 0.6 is 15.9 Å². The van der Waals surface area contributed by atoms with E-state index in [2.05, 4.69) is 39.1 Å². The normalized spacial score (nSPS) is 34.5. The van der Waals surface area contributed by atoms with Crippen molar-refractivity contribution in [3.8, 4) is 0 Å². The number of furan rings is 1. The number of fused-ring (bicyclic) bond motifs is 1. The molecule has 1 N–H and O–H groups in total. The van der Waals surface area contributed by atoms with Gasteiger partial charge in [0.05, 0.1) is 6.54 Å². The lowest BCUT2D eigenvalue weighted by atomic mass is 9.95. The van der Waals surface area contributed by atoms with Crippen molar-refractivity contribution < 1.29 is 4.42 Å². The summed E-state index contributed by atoms with van der Waals surface area (Å²) in [6.07, 6.45) is 0. The monoisotopic (exact) mass is 284 g/mol. The summed E-state index contributed by atoms with van der Waals surface area (Å²) in [5.74, 6) is 2.73. The predicted molar refractivity (Wildman–Crippen MR) is 66.1 cm³/mol. The fourth-order valence-electron chi connectivity index (χ4n) is 3.10. The lowest BCUT2D eigenvalue weighted by Crippen LogP contribution is -2.32. The Morgan fingerprint density at radius 1 is 1.50 bits per heavy atom. The van der Waals surface area contributed by atoms with Crippen molar-refractivity contribution in [1.82, 2.24) is 10.2 Å². The van der Waals surface area contributed by atoms with E-state index in [4.69, 9.17) is 4.42 Å². The molecule has 2 fully saturated rings. The van der Waals surface area contributed by atoms with E-state index in [0.29, 0.717) is 6.04 Å². The molecular weight excluding hydrogens is 268 g/mol. The molecule has 0 radical (unpaired) electrons. The Balaban J connectivity index is 1.68. The van der Waals surface area contributed by atoms with Crippen LogP contribution < -0.4 is 5.32 Å². The largest absolute Gasteiger partial charge is 0.453 e. The maximum absolute atomic E-state index is 5.58. The molecule has 4 heteroatoms. The minimum atomic E-state index is 0.670. The van der Waals surface area contributed by atoms with E-state index in [1.165, 1.54) is 19.6 Å². The molecular formula is C12H17BrN2O. The first-order valence-electron chi connectivity index (χ1n) is 5.93. The standard InChI is InChI=1S/C12H17BrN2O/c1-8-11-5-14-4-9(11)6-15(8)7-10-2-3-12(13)16-10/h2-3,8-9,11,14H,4-7H2,1H3. The average molecular weight is 285 g/mol. The van der Waals surface area contributed by atoms with Crippen molar-refractivity contribution >= 4 is 15.9 Å². The van der Waals surface area contributed by atoms with Gasteiger partial charge < -0.3 is 9.73 Å². The van der Waals surface area contributed by atoms with Gasteiger partial charge in [0, 0.05) is 12.6 Å². The Hall–Kier alpha value is -0.320. The van der Waals surface area contributed by atoms with Crippen LogP contribution in [0.5, 0.6) is 0 Å². The van der Waals surface area contributed by atoms with Gasteiger partial charge in [-0.05, 0) is 59.9 Å². The molecule has 0 amide bonds. The van der Waals surface area contributed by atoms with E-state index < -0.39 is 0 Å². The number of rotatable bonds is 2. The van der Waals surface area contributed by atoms with Gasteiger partial charge in [-0.1, -0.05) is 0 Å². The number of hydrogen-bond donors (Lipinski definition) is 1. The van der Waals surface area contributed by atoms with Gasteiger partial charge in [0.15, 0.2) is 4.67 Å². The summed E-state index contributed by atoms with van der Waals surface area (Å²) < 4.78 is 6.41. The lowest BCUT2D eigenvalue weighted by Gasteiger charge is -2.22. The lowest BCUT2D eigenvalue weighted by molar-refractivity contribution is 0.213. The third-order valence-electron chi connectivity index (χ3n) is 4.04. The molecule has 3 rings (SSSR count). The van der Waals surface area contributed by atoms with E-state index in [1.54, 1.807) is 0 Å². The highest BCUT2D eigenvalue weighted by molar-refractivity contribution is 9.10. The number of halogens is 1. The molecule has 0 bridgehead atoms. The van der Waals surface area contributed by atoms with Gasteiger partial charge in [-0.25, -0.2) is 0 Å². The minimum absolute atomic E-state index is 0.670. The number of nitrogens with zero attached hydrogens (tertiary/aromatic N) is 1. The van der Waals surface area contributed by atoms with Gasteiger partial charge in [-0.2, -0.15) is 0 Å². The second kappa shape index (κ2) is 4.17. The smallest absolute Gasteiger partial charge is 0.169 e. The summed E-state index contributed by atoms with van der Waals surface area (Å²) in [6, 6.07) is 4.70. The van der Waals surface area contributed by atoms with Gasteiger partial charge >= 0.3 is 0 Å². The molecule has 1 aromatic heterocycles. The Labute approximate surface area is 104 Å². The third-order valence-corrected chi connectivity index (χ3v) is 4.47. The topological polar surface area (TPSA) is 28.4 Å². The quantitative estimate of drug-likeness (QED) is 0.902. The first-order valence-corrected chi connectivity index (χ1v) is 6.72. The van der Waals surface area contributed by atoms with Crippen molar-refractivity contribution in [1.29, 1.82) is 0 Å². The molecule has 88 valence electrons. The predicted octanol–water partition coefficient (Wildman–Crippen LogP) is 2.08. The van der Waals surface area contributed by atoms with E-state index in [0.717, 1.165) is 28.8 Å². The zero-order valence-electron chi connectivity index (χ0n) is 9.45. The molecule has 3 unspecified atom stereocenters. The zero-order valence-corrected chi connectivity index (χ0v) is 11.0. The minimum Gasteiger partial charge on any atom is -0.453 e. The number of hydrogen-bond acceptors (Lipinski definition) is 3. The highest BCUT2D eigenvalue weighted by atomic mass is 79.9. The summed E-state index contributed by atoms with van der Waals surface area (Å²) >= 11 is 3.35. The first kappa shape index (κ1) is 10.8. The van der Waals surface area contributed by atoms with Crippen LogP contribution in [0.25, 0.3) is 0 Å². The van der Waals surface area contributed by atoms with Crippen molar-refractivity contribution in [3.63, 3.8) is 0 Å². The number of likely N-dealkylation sites (tertiary alicyclic amines) is 1. The summed E-state index contributed by atoms with van der Waals surface area (Å²) in [5.41, 5.74) is 0. The summed E-state index contributed by atoms with van der Waals surface area (Å²) in [6.45, 7) is 6.87. The van der Waals surface area contributed by atoms with E-state index in [9.17, 15) is 0 Å². The van der Waals surface area contributed by atoms with Crippen LogP contribution in [0.4, 0.5) is 0 Å². The van der Waals surface area contributed by atoms with Crippen LogP contribution in [0.2, 0.25) is 0 Å². The van der Waals surface area contributed by atoms with Crippen LogP contribution in [-0.2, 0) is 6.54 Å². The average Bonchev–Trinajstić information content (AvgIpc) is 2.90. The molecule has 3 heterocycles. The van der Waals surface area contributed by atoms with Crippen molar-refractivity contribution in [3.05, 3.63) is 22.6 Å². The van der Waals surface area contributed by atoms with Crippen LogP contribution in [-0.4, -0.2) is 30.6 Å². The fourth-order valence-corrected chi connectivity index (χ4v) is 3.44. The molecule has 1 aromatic rings. The molecule has 2 saturated heterocycles. The molecule has 0 aliphatic carbocycles. The van der Waals surface area contributed by atoms with E-state index >= 15 is 0 Å². The second-order valence-electron chi connectivity index (χ2n) is 4.96. The summed E-state index contributed by atoms with van der Waals surface area (Å²) in [5, 5.41) is 3.49. The molecule has 2 aliphatic rings. The van der Waals surface area contributed by atoms with Gasteiger partial charge in [0.1, 0.15) is 5.76 Å². The Bertz CT molecular complexity index is 379. The van der Waals surface area contributed by atoms with E-state index in [1.807, 2.05) is 6.07 Å². The molecule has 2 aliphatic heterocycles. The Morgan fingerprint density at radius 3 is 3.06 bits per heavy atom. The third kappa shape index (κ3) is 1.83. The highest BCUT2D eigenvalue weighted by Gasteiger charge is 2.41. The molecule has 16 heavy (non-hydrogen) atoms. The van der Waals surface area contributed by atoms with Crippen LogP contribution in [0.3, 0.4) is 0 Å². The first-order chi connectivity index (χ1) is 7.74. The van der Waals surface area contributed by atoms with Gasteiger partial charge in [0.2, 0.25) is 0 Å². The van der Waals surface area contributed by atoms with Gasteiger partial charge in [-0.3, -0.25) is 4.90 Å². The zero-order chi connectivity index (χ0) is 11.1. The van der Waals surface area contributed by atoms with E-state index in [-0.39, 0.29) is 0 Å². The highest BCUT2D eigenvalue weighted by Crippen LogP contribution is 2.33. The molecule has 0 saturated carbocycles. The van der Waals surface area contributed by atoms with Gasteiger partial charge in [0.25, 0.3) is 0 Å².